The molecule has 1 aromatic carbocycles. The zero-order valence-electron chi connectivity index (χ0n) is 11.4. The first-order valence-electron chi connectivity index (χ1n) is 6.08. The molecule has 2 N–H and O–H groups in total. The number of benzene rings is 1. The minimum atomic E-state index is -0.373. The number of ether oxygens (including phenoxy) is 2. The number of esters is 1. The number of aryl methyl sites for hydroxylation is 1. The minimum absolute atomic E-state index is 0.0959. The average molecular weight is 251 g/mol. The van der Waals surface area contributed by atoms with Crippen molar-refractivity contribution in [2.24, 2.45) is 5.73 Å². The quantitative estimate of drug-likeness (QED) is 0.816. The van der Waals surface area contributed by atoms with Crippen molar-refractivity contribution in [3.05, 3.63) is 29.3 Å². The number of carbonyl (C=O) groups is 1. The third-order valence-electron chi connectivity index (χ3n) is 2.37. The second-order valence-electron chi connectivity index (χ2n) is 4.66. The lowest BCUT2D eigenvalue weighted by atomic mass is 10.1. The van der Waals surface area contributed by atoms with Crippen molar-refractivity contribution in [3.8, 4) is 5.75 Å². The van der Waals surface area contributed by atoms with Crippen LogP contribution in [-0.2, 0) is 9.53 Å². The van der Waals surface area contributed by atoms with Gasteiger partial charge in [0.25, 0.3) is 0 Å². The van der Waals surface area contributed by atoms with E-state index in [1.807, 2.05) is 32.0 Å². The van der Waals surface area contributed by atoms with E-state index in [9.17, 15) is 4.79 Å². The van der Waals surface area contributed by atoms with E-state index in [-0.39, 0.29) is 24.7 Å². The highest BCUT2D eigenvalue weighted by Gasteiger charge is 2.11. The van der Waals surface area contributed by atoms with E-state index in [2.05, 4.69) is 0 Å². The molecule has 0 aromatic heterocycles. The predicted molar refractivity (Wildman–Crippen MR) is 70.5 cm³/mol. The van der Waals surface area contributed by atoms with Gasteiger partial charge in [0.2, 0.25) is 0 Å². The summed E-state index contributed by atoms with van der Waals surface area (Å²) in [6, 6.07) is 5.63. The highest BCUT2D eigenvalue weighted by molar-refractivity contribution is 5.71. The summed E-state index contributed by atoms with van der Waals surface area (Å²) >= 11 is 0. The summed E-state index contributed by atoms with van der Waals surface area (Å²) in [5, 5.41) is 0. The summed E-state index contributed by atoms with van der Waals surface area (Å²) in [6.45, 7) is 7.35. The van der Waals surface area contributed by atoms with Crippen molar-refractivity contribution in [1.82, 2.24) is 0 Å². The standard InChI is InChI=1S/C14H21NO3/c1-9(2)18-14(16)8-17-13-7-10(3)5-6-12(13)11(4)15/h5-7,9,11H,8,15H2,1-4H3/t11-/m1/s1. The van der Waals surface area contributed by atoms with Crippen LogP contribution in [0.5, 0.6) is 5.75 Å². The topological polar surface area (TPSA) is 61.5 Å². The third kappa shape index (κ3) is 4.37. The molecule has 1 rings (SSSR count). The summed E-state index contributed by atoms with van der Waals surface area (Å²) in [5.74, 6) is 0.271. The monoisotopic (exact) mass is 251 g/mol. The molecule has 0 aliphatic heterocycles. The summed E-state index contributed by atoms with van der Waals surface area (Å²) in [4.78, 5) is 11.4. The van der Waals surface area contributed by atoms with Gasteiger partial charge in [-0.3, -0.25) is 0 Å². The van der Waals surface area contributed by atoms with Crippen molar-refractivity contribution in [2.45, 2.75) is 39.8 Å². The molecule has 100 valence electrons. The number of nitrogens with two attached hydrogens (primary N) is 1. The number of carbonyl (C=O) groups excluding carboxylic acids is 1. The molecule has 0 amide bonds. The first-order chi connectivity index (χ1) is 8.40. The molecule has 0 heterocycles. The Hall–Kier alpha value is -1.55. The van der Waals surface area contributed by atoms with Gasteiger partial charge in [0.1, 0.15) is 5.75 Å². The fourth-order valence-corrected chi connectivity index (χ4v) is 1.58. The Morgan fingerprint density at radius 1 is 1.33 bits per heavy atom. The van der Waals surface area contributed by atoms with E-state index in [0.717, 1.165) is 11.1 Å². The molecule has 4 nitrogen and oxygen atoms in total. The van der Waals surface area contributed by atoms with Crippen LogP contribution >= 0.6 is 0 Å². The third-order valence-corrected chi connectivity index (χ3v) is 2.37. The lowest BCUT2D eigenvalue weighted by Crippen LogP contribution is -2.19. The summed E-state index contributed by atoms with van der Waals surface area (Å²) < 4.78 is 10.5. The van der Waals surface area contributed by atoms with Gasteiger partial charge in [0.05, 0.1) is 6.10 Å². The SMILES string of the molecule is Cc1ccc([C@@H](C)N)c(OCC(=O)OC(C)C)c1. The first-order valence-corrected chi connectivity index (χ1v) is 6.08. The lowest BCUT2D eigenvalue weighted by Gasteiger charge is -2.15. The molecule has 0 spiro atoms. The van der Waals surface area contributed by atoms with Gasteiger partial charge in [-0.25, -0.2) is 4.79 Å². The van der Waals surface area contributed by atoms with E-state index in [1.54, 1.807) is 13.8 Å². The molecule has 0 fully saturated rings. The van der Waals surface area contributed by atoms with Gasteiger partial charge in [0.15, 0.2) is 6.61 Å². The predicted octanol–water partition coefficient (Wildman–Crippen LogP) is 2.35. The summed E-state index contributed by atoms with van der Waals surface area (Å²) in [6.07, 6.45) is -0.133. The van der Waals surface area contributed by atoms with Crippen molar-refractivity contribution in [1.29, 1.82) is 0 Å². The maximum atomic E-state index is 11.4. The Kier molecular flexibility index (Phi) is 5.16. The Bertz CT molecular complexity index is 414. The fraction of sp³-hybridized carbons (Fsp3) is 0.500. The van der Waals surface area contributed by atoms with Gasteiger partial charge in [-0.1, -0.05) is 12.1 Å². The van der Waals surface area contributed by atoms with Gasteiger partial charge < -0.3 is 15.2 Å². The normalized spacial score (nSPS) is 12.3. The van der Waals surface area contributed by atoms with Crippen LogP contribution in [0.2, 0.25) is 0 Å². The van der Waals surface area contributed by atoms with Gasteiger partial charge in [0, 0.05) is 11.6 Å². The number of rotatable bonds is 5. The van der Waals surface area contributed by atoms with Crippen molar-refractivity contribution >= 4 is 5.97 Å². The second-order valence-corrected chi connectivity index (χ2v) is 4.66. The number of hydrogen-bond donors (Lipinski definition) is 1. The highest BCUT2D eigenvalue weighted by Crippen LogP contribution is 2.25. The van der Waals surface area contributed by atoms with Crippen LogP contribution in [0.4, 0.5) is 0 Å². The smallest absolute Gasteiger partial charge is 0.344 e. The van der Waals surface area contributed by atoms with Crippen molar-refractivity contribution in [2.75, 3.05) is 6.61 Å². The van der Waals surface area contributed by atoms with E-state index in [0.29, 0.717) is 5.75 Å². The molecule has 0 aliphatic rings. The van der Waals surface area contributed by atoms with Gasteiger partial charge in [-0.15, -0.1) is 0 Å². The van der Waals surface area contributed by atoms with Gasteiger partial charge in [-0.05, 0) is 39.3 Å². The summed E-state index contributed by atoms with van der Waals surface area (Å²) in [5.41, 5.74) is 7.80. The molecule has 0 bridgehead atoms. The molecule has 0 saturated carbocycles. The molecule has 0 radical (unpaired) electrons. The molecule has 18 heavy (non-hydrogen) atoms. The molecule has 0 aliphatic carbocycles. The van der Waals surface area contributed by atoms with E-state index in [4.69, 9.17) is 15.2 Å². The van der Waals surface area contributed by atoms with Crippen LogP contribution in [0, 0.1) is 6.92 Å². The zero-order chi connectivity index (χ0) is 13.7. The van der Waals surface area contributed by atoms with Crippen LogP contribution in [0.3, 0.4) is 0 Å². The Morgan fingerprint density at radius 2 is 2.00 bits per heavy atom. The van der Waals surface area contributed by atoms with E-state index >= 15 is 0 Å². The van der Waals surface area contributed by atoms with Crippen LogP contribution in [-0.4, -0.2) is 18.7 Å². The van der Waals surface area contributed by atoms with Crippen molar-refractivity contribution in [3.63, 3.8) is 0 Å². The zero-order valence-corrected chi connectivity index (χ0v) is 11.4. The molecular weight excluding hydrogens is 230 g/mol. The maximum Gasteiger partial charge on any atom is 0.344 e. The number of hydrogen-bond acceptors (Lipinski definition) is 4. The van der Waals surface area contributed by atoms with Crippen molar-refractivity contribution < 1.29 is 14.3 Å². The second kappa shape index (κ2) is 6.40. The molecule has 0 saturated heterocycles. The van der Waals surface area contributed by atoms with E-state index in [1.165, 1.54) is 0 Å². The van der Waals surface area contributed by atoms with Crippen LogP contribution in [0.1, 0.15) is 37.9 Å². The molecular formula is C14H21NO3. The Labute approximate surface area is 108 Å². The Balaban J connectivity index is 2.71. The summed E-state index contributed by atoms with van der Waals surface area (Å²) in [7, 11) is 0. The van der Waals surface area contributed by atoms with Gasteiger partial charge >= 0.3 is 5.97 Å². The molecule has 4 heteroatoms. The largest absolute Gasteiger partial charge is 0.482 e. The van der Waals surface area contributed by atoms with Crippen LogP contribution in [0.15, 0.2) is 18.2 Å². The highest BCUT2D eigenvalue weighted by atomic mass is 16.6. The minimum Gasteiger partial charge on any atom is -0.482 e. The maximum absolute atomic E-state index is 11.4. The van der Waals surface area contributed by atoms with Crippen LogP contribution in [0.25, 0.3) is 0 Å². The van der Waals surface area contributed by atoms with E-state index < -0.39 is 0 Å². The Morgan fingerprint density at radius 3 is 2.56 bits per heavy atom. The van der Waals surface area contributed by atoms with Gasteiger partial charge in [-0.2, -0.15) is 0 Å². The molecule has 1 atom stereocenters. The fourth-order valence-electron chi connectivity index (χ4n) is 1.58. The lowest BCUT2D eigenvalue weighted by molar-refractivity contribution is -0.149. The molecule has 0 unspecified atom stereocenters. The van der Waals surface area contributed by atoms with Crippen LogP contribution < -0.4 is 10.5 Å². The molecule has 1 aromatic rings. The first kappa shape index (κ1) is 14.5. The average Bonchev–Trinajstić information content (AvgIpc) is 2.25.